The highest BCUT2D eigenvalue weighted by Crippen LogP contribution is 2.16. The molecule has 0 bridgehead atoms. The van der Waals surface area contributed by atoms with Crippen molar-refractivity contribution < 1.29 is 9.90 Å². The lowest BCUT2D eigenvalue weighted by atomic mass is 10.1. The van der Waals surface area contributed by atoms with Crippen LogP contribution < -0.4 is 11.5 Å². The van der Waals surface area contributed by atoms with Gasteiger partial charge in [0.1, 0.15) is 0 Å². The number of nitrogen functional groups attached to an aromatic ring is 2. The van der Waals surface area contributed by atoms with Crippen molar-refractivity contribution in [3.63, 3.8) is 0 Å². The monoisotopic (exact) mass is 214 g/mol. The van der Waals surface area contributed by atoms with Crippen LogP contribution in [-0.4, -0.2) is 11.1 Å². The third-order valence-corrected chi connectivity index (χ3v) is 1.53. The number of halogens is 1. The number of rotatable bonds is 2. The lowest BCUT2D eigenvalue weighted by molar-refractivity contribution is -0.131. The highest BCUT2D eigenvalue weighted by atomic mass is 35.5. The summed E-state index contributed by atoms with van der Waals surface area (Å²) in [7, 11) is 0. The summed E-state index contributed by atoms with van der Waals surface area (Å²) >= 11 is 0. The third kappa shape index (κ3) is 3.37. The number of hydrogen-bond acceptors (Lipinski definition) is 3. The number of carboxylic acids is 1. The maximum Gasteiger partial charge on any atom is 0.328 e. The Hall–Kier alpha value is -1.68. The minimum atomic E-state index is -0.990. The zero-order valence-electron chi connectivity index (χ0n) is 7.31. The molecule has 0 aromatic heterocycles. The first kappa shape index (κ1) is 12.3. The van der Waals surface area contributed by atoms with E-state index in [1.165, 1.54) is 6.08 Å². The van der Waals surface area contributed by atoms with Gasteiger partial charge in [-0.1, -0.05) is 6.07 Å². The highest BCUT2D eigenvalue weighted by molar-refractivity contribution is 5.86. The molecule has 0 saturated heterocycles. The van der Waals surface area contributed by atoms with E-state index >= 15 is 0 Å². The van der Waals surface area contributed by atoms with Crippen molar-refractivity contribution >= 4 is 35.8 Å². The number of hydrogen-bond donors (Lipinski definition) is 3. The van der Waals surface area contributed by atoms with Gasteiger partial charge in [-0.3, -0.25) is 0 Å². The van der Waals surface area contributed by atoms with Gasteiger partial charge in [0.15, 0.2) is 0 Å². The normalized spacial score (nSPS) is 9.71. The molecule has 0 aliphatic carbocycles. The first-order chi connectivity index (χ1) is 6.09. The maximum absolute atomic E-state index is 10.2. The minimum Gasteiger partial charge on any atom is -0.478 e. The smallest absolute Gasteiger partial charge is 0.328 e. The average molecular weight is 215 g/mol. The van der Waals surface area contributed by atoms with Gasteiger partial charge in [-0.15, -0.1) is 12.4 Å². The molecule has 0 aliphatic rings. The van der Waals surface area contributed by atoms with Crippen LogP contribution in [-0.2, 0) is 4.79 Å². The standard InChI is InChI=1S/C9H10N2O2.ClH/c10-7-3-1-6(5-8(7)11)2-4-9(12)13;/h1-5H,10-11H2,(H,12,13);1H. The second-order valence-corrected chi connectivity index (χ2v) is 2.56. The van der Waals surface area contributed by atoms with Crippen LogP contribution in [0.25, 0.3) is 6.08 Å². The number of carboxylic acid groups (broad SMARTS) is 1. The SMILES string of the molecule is Cl.Nc1ccc(C=CC(=O)O)cc1N. The largest absolute Gasteiger partial charge is 0.478 e. The van der Waals surface area contributed by atoms with Gasteiger partial charge in [-0.2, -0.15) is 0 Å². The van der Waals surface area contributed by atoms with Crippen molar-refractivity contribution in [2.75, 3.05) is 11.5 Å². The van der Waals surface area contributed by atoms with Crippen LogP contribution >= 0.6 is 12.4 Å². The molecule has 0 spiro atoms. The lowest BCUT2D eigenvalue weighted by Gasteiger charge is -1.99. The molecule has 0 amide bonds. The Labute approximate surface area is 87.6 Å². The van der Waals surface area contributed by atoms with Crippen LogP contribution in [0.5, 0.6) is 0 Å². The molecule has 76 valence electrons. The summed E-state index contributed by atoms with van der Waals surface area (Å²) in [5.41, 5.74) is 12.7. The molecule has 4 nitrogen and oxygen atoms in total. The fourth-order valence-electron chi connectivity index (χ4n) is 0.864. The Morgan fingerprint density at radius 2 is 1.93 bits per heavy atom. The molecule has 0 radical (unpaired) electrons. The van der Waals surface area contributed by atoms with Crippen molar-refractivity contribution in [1.29, 1.82) is 0 Å². The van der Waals surface area contributed by atoms with Crippen molar-refractivity contribution in [3.8, 4) is 0 Å². The number of carbonyl (C=O) groups is 1. The van der Waals surface area contributed by atoms with Gasteiger partial charge in [-0.05, 0) is 23.8 Å². The van der Waals surface area contributed by atoms with E-state index in [1.54, 1.807) is 18.2 Å². The fraction of sp³-hybridized carbons (Fsp3) is 0. The van der Waals surface area contributed by atoms with E-state index in [1.807, 2.05) is 0 Å². The lowest BCUT2D eigenvalue weighted by Crippen LogP contribution is -1.94. The Bertz CT molecular complexity index is 364. The number of nitrogens with two attached hydrogens (primary N) is 2. The molecular weight excluding hydrogens is 204 g/mol. The second-order valence-electron chi connectivity index (χ2n) is 2.56. The van der Waals surface area contributed by atoms with E-state index < -0.39 is 5.97 Å². The average Bonchev–Trinajstić information content (AvgIpc) is 2.07. The van der Waals surface area contributed by atoms with E-state index in [4.69, 9.17) is 16.6 Å². The van der Waals surface area contributed by atoms with Gasteiger partial charge in [0, 0.05) is 6.08 Å². The second kappa shape index (κ2) is 5.14. The predicted molar refractivity (Wildman–Crippen MR) is 59.2 cm³/mol. The van der Waals surface area contributed by atoms with E-state index in [-0.39, 0.29) is 12.4 Å². The number of benzene rings is 1. The summed E-state index contributed by atoms with van der Waals surface area (Å²) in [6, 6.07) is 4.96. The maximum atomic E-state index is 10.2. The van der Waals surface area contributed by atoms with Gasteiger partial charge < -0.3 is 16.6 Å². The Morgan fingerprint density at radius 3 is 2.43 bits per heavy atom. The fourth-order valence-corrected chi connectivity index (χ4v) is 0.864. The zero-order chi connectivity index (χ0) is 9.84. The Morgan fingerprint density at radius 1 is 1.29 bits per heavy atom. The van der Waals surface area contributed by atoms with E-state index in [0.29, 0.717) is 16.9 Å². The van der Waals surface area contributed by atoms with Crippen LogP contribution in [0.4, 0.5) is 11.4 Å². The number of anilines is 2. The van der Waals surface area contributed by atoms with Crippen LogP contribution in [0.2, 0.25) is 0 Å². The van der Waals surface area contributed by atoms with Gasteiger partial charge >= 0.3 is 5.97 Å². The van der Waals surface area contributed by atoms with Crippen molar-refractivity contribution in [2.45, 2.75) is 0 Å². The quantitative estimate of drug-likeness (QED) is 0.512. The molecule has 0 atom stereocenters. The molecule has 5 heteroatoms. The van der Waals surface area contributed by atoms with Crippen LogP contribution in [0.3, 0.4) is 0 Å². The molecule has 5 N–H and O–H groups in total. The summed E-state index contributed by atoms with van der Waals surface area (Å²) in [6.07, 6.45) is 2.50. The van der Waals surface area contributed by atoms with Crippen LogP contribution in [0.15, 0.2) is 24.3 Å². The molecule has 0 heterocycles. The predicted octanol–water partition coefficient (Wildman–Crippen LogP) is 1.37. The minimum absolute atomic E-state index is 0. The van der Waals surface area contributed by atoms with Gasteiger partial charge in [-0.25, -0.2) is 4.79 Å². The van der Waals surface area contributed by atoms with Crippen LogP contribution in [0.1, 0.15) is 5.56 Å². The summed E-state index contributed by atoms with van der Waals surface area (Å²) < 4.78 is 0. The summed E-state index contributed by atoms with van der Waals surface area (Å²) in [4.78, 5) is 10.2. The molecule has 0 saturated carbocycles. The molecule has 1 aromatic rings. The molecule has 0 aliphatic heterocycles. The first-order valence-corrected chi connectivity index (χ1v) is 3.65. The van der Waals surface area contributed by atoms with Crippen molar-refractivity contribution in [3.05, 3.63) is 29.8 Å². The highest BCUT2D eigenvalue weighted by Gasteiger charge is 1.94. The molecule has 1 rings (SSSR count). The van der Waals surface area contributed by atoms with E-state index in [0.717, 1.165) is 6.08 Å². The van der Waals surface area contributed by atoms with E-state index in [2.05, 4.69) is 0 Å². The molecule has 14 heavy (non-hydrogen) atoms. The molecule has 0 fully saturated rings. The summed E-state index contributed by atoms with van der Waals surface area (Å²) in [5.74, 6) is -0.990. The molecular formula is C9H11ClN2O2. The third-order valence-electron chi connectivity index (χ3n) is 1.53. The first-order valence-electron chi connectivity index (χ1n) is 3.65. The van der Waals surface area contributed by atoms with Gasteiger partial charge in [0.25, 0.3) is 0 Å². The summed E-state index contributed by atoms with van der Waals surface area (Å²) in [5, 5.41) is 8.36. The van der Waals surface area contributed by atoms with Gasteiger partial charge in [0.2, 0.25) is 0 Å². The Kier molecular flexibility index (Phi) is 4.52. The Balaban J connectivity index is 0.00000169. The van der Waals surface area contributed by atoms with Gasteiger partial charge in [0.05, 0.1) is 11.4 Å². The molecule has 1 aromatic carbocycles. The zero-order valence-corrected chi connectivity index (χ0v) is 8.12. The van der Waals surface area contributed by atoms with E-state index in [9.17, 15) is 4.79 Å². The number of aliphatic carboxylic acids is 1. The van der Waals surface area contributed by atoms with Crippen molar-refractivity contribution in [1.82, 2.24) is 0 Å². The van der Waals surface area contributed by atoms with Crippen molar-refractivity contribution in [2.24, 2.45) is 0 Å². The summed E-state index contributed by atoms with van der Waals surface area (Å²) in [6.45, 7) is 0. The topological polar surface area (TPSA) is 89.3 Å². The molecule has 0 unspecified atom stereocenters. The van der Waals surface area contributed by atoms with Crippen LogP contribution in [0, 0.1) is 0 Å².